The van der Waals surface area contributed by atoms with E-state index in [2.05, 4.69) is 47.0 Å². The highest BCUT2D eigenvalue weighted by atomic mass is 16.7. The van der Waals surface area contributed by atoms with Crippen molar-refractivity contribution in [3.63, 3.8) is 0 Å². The van der Waals surface area contributed by atoms with Gasteiger partial charge < -0.3 is 39.4 Å². The molecule has 14 heteroatoms. The summed E-state index contributed by atoms with van der Waals surface area (Å²) in [5.41, 5.74) is 12.0. The summed E-state index contributed by atoms with van der Waals surface area (Å²) < 4.78 is 21.9. The first-order valence-corrected chi connectivity index (χ1v) is 23.3. The van der Waals surface area contributed by atoms with E-state index in [1.54, 1.807) is 4.90 Å². The highest BCUT2D eigenvalue weighted by molar-refractivity contribution is 6.05. The summed E-state index contributed by atoms with van der Waals surface area (Å²) in [4.78, 5) is 66.0. The summed E-state index contributed by atoms with van der Waals surface area (Å²) in [6.07, 6.45) is 11.0. The first kappa shape index (κ1) is 43.9. The van der Waals surface area contributed by atoms with Crippen molar-refractivity contribution in [3.05, 3.63) is 71.1 Å². The largest absolute Gasteiger partial charge is 0.453 e. The maximum absolute atomic E-state index is 14.1. The third-order valence-corrected chi connectivity index (χ3v) is 14.7. The van der Waals surface area contributed by atoms with Gasteiger partial charge in [-0.2, -0.15) is 0 Å². The van der Waals surface area contributed by atoms with Gasteiger partial charge in [-0.1, -0.05) is 64.1 Å². The lowest BCUT2D eigenvalue weighted by molar-refractivity contribution is -0.153. The maximum Gasteiger partial charge on any atom is 0.407 e. The molecule has 0 radical (unpaired) electrons. The number of aliphatic imine (C=N–C) groups is 2. The predicted molar refractivity (Wildman–Crippen MR) is 244 cm³/mol. The summed E-state index contributed by atoms with van der Waals surface area (Å²) in [7, 11) is 2.61. The molecule has 5 aliphatic heterocycles. The van der Waals surface area contributed by atoms with Crippen LogP contribution in [0.15, 0.2) is 58.8 Å². The Hall–Kier alpha value is -5.34. The minimum Gasteiger partial charge on any atom is -0.453 e. The Bertz CT molecular complexity index is 2300. The Kier molecular flexibility index (Phi) is 12.3. The molecule has 10 rings (SSSR count). The van der Waals surface area contributed by atoms with Crippen molar-refractivity contribution in [1.29, 1.82) is 0 Å². The molecule has 8 aliphatic rings. The molecule has 3 aliphatic carbocycles. The summed E-state index contributed by atoms with van der Waals surface area (Å²) in [6, 6.07) is 11.6. The molecule has 0 unspecified atom stereocenters. The van der Waals surface area contributed by atoms with Crippen LogP contribution in [0.2, 0.25) is 0 Å². The fourth-order valence-corrected chi connectivity index (χ4v) is 11.4. The second-order valence-corrected chi connectivity index (χ2v) is 19.2. The van der Waals surface area contributed by atoms with E-state index in [1.807, 2.05) is 45.0 Å². The number of hydrogen-bond donors (Lipinski definition) is 2. The molecule has 0 aromatic heterocycles. The van der Waals surface area contributed by atoms with Crippen molar-refractivity contribution in [2.75, 3.05) is 40.5 Å². The zero-order chi connectivity index (χ0) is 44.9. The van der Waals surface area contributed by atoms with Gasteiger partial charge in [0.15, 0.2) is 5.79 Å². The van der Waals surface area contributed by atoms with Gasteiger partial charge in [0, 0.05) is 49.6 Å². The van der Waals surface area contributed by atoms with E-state index < -0.39 is 30.1 Å². The molecule has 1 saturated carbocycles. The van der Waals surface area contributed by atoms with Crippen LogP contribution in [0.4, 0.5) is 9.59 Å². The minimum absolute atomic E-state index is 0.0812. The predicted octanol–water partition coefficient (Wildman–Crippen LogP) is 7.58. The van der Waals surface area contributed by atoms with Gasteiger partial charge in [-0.3, -0.25) is 19.6 Å². The summed E-state index contributed by atoms with van der Waals surface area (Å²) >= 11 is 0. The highest BCUT2D eigenvalue weighted by Gasteiger charge is 2.53. The van der Waals surface area contributed by atoms with Crippen molar-refractivity contribution in [2.45, 2.75) is 127 Å². The lowest BCUT2D eigenvalue weighted by atomic mass is 9.63. The van der Waals surface area contributed by atoms with E-state index >= 15 is 0 Å². The van der Waals surface area contributed by atoms with Gasteiger partial charge >= 0.3 is 12.2 Å². The Balaban J connectivity index is 0.912. The number of alkyl carbamates (subject to hydrolysis) is 2. The second kappa shape index (κ2) is 17.9. The lowest BCUT2D eigenvalue weighted by Gasteiger charge is -2.41. The molecule has 4 atom stereocenters. The molecular formula is C50H62N6O8. The van der Waals surface area contributed by atoms with Crippen molar-refractivity contribution in [2.24, 2.45) is 21.8 Å². The van der Waals surface area contributed by atoms with E-state index in [0.29, 0.717) is 50.9 Å². The Labute approximate surface area is 375 Å². The molecule has 14 nitrogen and oxygen atoms in total. The summed E-state index contributed by atoms with van der Waals surface area (Å²) in [5, 5.41) is 5.51. The van der Waals surface area contributed by atoms with Crippen molar-refractivity contribution < 1.29 is 38.1 Å². The first-order chi connectivity index (χ1) is 30.9. The number of benzene rings is 2. The SMILES string of the molecule is COC(=O)N[C@H](C(=O)N1CCC[C@H]1C1=NC=C(c2ccc(-c3ccc(C4=CN=C([C@@H]5CC6(CN5C(=O)[C@@H](NC(=O)OC)C(C)C)OCCO6)C4)cc3)c3c2C2CCC3CC2)C1)C(C)C. The smallest absolute Gasteiger partial charge is 0.407 e. The Morgan fingerprint density at radius 3 is 1.78 bits per heavy atom. The van der Waals surface area contributed by atoms with Crippen molar-refractivity contribution >= 4 is 46.6 Å². The monoisotopic (exact) mass is 874 g/mol. The number of amides is 4. The number of ether oxygens (including phenoxy) is 4. The molecule has 340 valence electrons. The fraction of sp³-hybridized carbons (Fsp3) is 0.560. The average molecular weight is 875 g/mol. The molecule has 2 aromatic rings. The van der Waals surface area contributed by atoms with Crippen molar-refractivity contribution in [1.82, 2.24) is 20.4 Å². The fourth-order valence-electron chi connectivity index (χ4n) is 11.4. The van der Waals surface area contributed by atoms with Crippen LogP contribution in [0, 0.1) is 11.8 Å². The van der Waals surface area contributed by atoms with Gasteiger partial charge in [-0.05, 0) is 107 Å². The lowest BCUT2D eigenvalue weighted by Crippen LogP contribution is -2.54. The molecule has 5 heterocycles. The molecular weight excluding hydrogens is 813 g/mol. The number of rotatable bonds is 11. The van der Waals surface area contributed by atoms with Crippen LogP contribution in [0.1, 0.15) is 120 Å². The number of likely N-dealkylation sites (tertiary alicyclic amines) is 2. The van der Waals surface area contributed by atoms with E-state index in [0.717, 1.165) is 35.4 Å². The Morgan fingerprint density at radius 1 is 0.672 bits per heavy atom. The number of hydrogen-bond acceptors (Lipinski definition) is 10. The zero-order valence-electron chi connectivity index (χ0n) is 38.0. The molecule has 4 amide bonds. The van der Waals surface area contributed by atoms with E-state index in [4.69, 9.17) is 28.9 Å². The van der Waals surface area contributed by atoms with E-state index in [-0.39, 0.29) is 42.3 Å². The van der Waals surface area contributed by atoms with Gasteiger partial charge in [0.2, 0.25) is 11.8 Å². The van der Waals surface area contributed by atoms with E-state index in [1.165, 1.54) is 73.3 Å². The highest BCUT2D eigenvalue weighted by Crippen LogP contribution is 2.55. The number of fused-ring (bicyclic) bond motifs is 2. The van der Waals surface area contributed by atoms with Crippen LogP contribution in [-0.4, -0.2) is 116 Å². The summed E-state index contributed by atoms with van der Waals surface area (Å²) in [5.74, 6) is -0.417. The molecule has 2 bridgehead atoms. The standard InChI is InChI=1S/C50H62N6O8/c1-28(2)44(53-48(59)61-5)46(57)55-19-7-8-40(55)38-23-35(26-52-38)37-18-17-36(42-32-13-15-33(16-14-32)43(37)42)31-11-9-30(10-12-31)34-22-39(51-25-34)41-24-50(63-20-21-64-50)27-56(41)47(58)45(29(3)4)54-49(60)62-6/h9-12,17-18,25-26,28-29,32-33,40-41,44-45H,7-8,13-16,19-24,27H2,1-6H3,(H,53,59)(H,54,60)/t32?,33?,40-,41-,44-,45-/m0/s1. The number of nitrogens with zero attached hydrogens (tertiary/aromatic N) is 4. The normalized spacial score (nSPS) is 25.2. The average Bonchev–Trinajstić information content (AvgIpc) is 4.18. The van der Waals surface area contributed by atoms with Crippen LogP contribution in [-0.2, 0) is 28.5 Å². The second-order valence-electron chi connectivity index (χ2n) is 19.2. The topological polar surface area (TPSA) is 160 Å². The zero-order valence-corrected chi connectivity index (χ0v) is 38.0. The number of allylic oxidation sites excluding steroid dienone is 2. The number of carbonyl (C=O) groups is 4. The molecule has 2 N–H and O–H groups in total. The van der Waals surface area contributed by atoms with Gasteiger partial charge in [0.05, 0.1) is 46.1 Å². The van der Waals surface area contributed by atoms with Crippen LogP contribution >= 0.6 is 0 Å². The Morgan fingerprint density at radius 2 is 1.19 bits per heavy atom. The number of nitrogens with one attached hydrogen (secondary N) is 2. The van der Waals surface area contributed by atoms with Crippen LogP contribution < -0.4 is 10.6 Å². The number of methoxy groups -OCH3 is 2. The molecule has 2 aromatic carbocycles. The molecule has 64 heavy (non-hydrogen) atoms. The van der Waals surface area contributed by atoms with Gasteiger partial charge in [0.25, 0.3) is 0 Å². The molecule has 1 spiro atoms. The molecule has 4 fully saturated rings. The van der Waals surface area contributed by atoms with Crippen LogP contribution in [0.5, 0.6) is 0 Å². The van der Waals surface area contributed by atoms with Gasteiger partial charge in [0.1, 0.15) is 12.1 Å². The third kappa shape index (κ3) is 8.16. The third-order valence-electron chi connectivity index (χ3n) is 14.7. The number of carbonyl (C=O) groups excluding carboxylic acids is 4. The van der Waals surface area contributed by atoms with Gasteiger partial charge in [-0.25, -0.2) is 9.59 Å². The van der Waals surface area contributed by atoms with Crippen LogP contribution in [0.25, 0.3) is 22.3 Å². The maximum atomic E-state index is 14.1. The molecule has 3 saturated heterocycles. The van der Waals surface area contributed by atoms with E-state index in [9.17, 15) is 19.2 Å². The summed E-state index contributed by atoms with van der Waals surface area (Å²) in [6.45, 7) is 9.52. The first-order valence-electron chi connectivity index (χ1n) is 23.3. The van der Waals surface area contributed by atoms with Crippen molar-refractivity contribution in [3.8, 4) is 11.1 Å². The van der Waals surface area contributed by atoms with Crippen LogP contribution in [0.3, 0.4) is 0 Å². The van der Waals surface area contributed by atoms with Gasteiger partial charge in [-0.15, -0.1) is 0 Å². The quantitative estimate of drug-likeness (QED) is 0.234. The minimum atomic E-state index is -0.891.